The van der Waals surface area contributed by atoms with E-state index in [0.717, 1.165) is 29.6 Å². The van der Waals surface area contributed by atoms with E-state index in [9.17, 15) is 4.79 Å². The minimum Gasteiger partial charge on any atom is -0.473 e. The number of ether oxygens (including phenoxy) is 1. The molecule has 1 saturated carbocycles. The van der Waals surface area contributed by atoms with Gasteiger partial charge < -0.3 is 9.64 Å². The number of fused-ring (bicyclic) bond motifs is 1. The molecule has 0 saturated heterocycles. The summed E-state index contributed by atoms with van der Waals surface area (Å²) in [5.41, 5.74) is 2.47. The fourth-order valence-corrected chi connectivity index (χ4v) is 3.11. The first-order valence-electron chi connectivity index (χ1n) is 8.44. The van der Waals surface area contributed by atoms with Crippen LogP contribution < -0.4 is 4.74 Å². The number of nitrogens with zero attached hydrogens (tertiary/aromatic N) is 6. The summed E-state index contributed by atoms with van der Waals surface area (Å²) in [6.45, 7) is 3.53. The Hall–Kier alpha value is -3.16. The topological polar surface area (TPSA) is 77.6 Å². The maximum Gasteiger partial charge on any atom is 0.245 e. The minimum atomic E-state index is -0.0664. The molecule has 0 unspecified atom stereocenters. The Morgan fingerprint density at radius 2 is 2.19 bits per heavy atom. The Kier molecular flexibility index (Phi) is 3.95. The van der Waals surface area contributed by atoms with Gasteiger partial charge in [-0.05, 0) is 12.1 Å². The van der Waals surface area contributed by atoms with Crippen LogP contribution in [0.25, 0.3) is 16.8 Å². The highest BCUT2D eigenvalue weighted by Gasteiger charge is 2.35. The third kappa shape index (κ3) is 2.83. The number of carbonyl (C=O) groups excluding carboxylic acids is 1. The molecule has 0 aliphatic heterocycles. The average Bonchev–Trinajstić information content (AvgIpc) is 3.24. The van der Waals surface area contributed by atoms with Crippen molar-refractivity contribution in [3.63, 3.8) is 0 Å². The van der Waals surface area contributed by atoms with Crippen molar-refractivity contribution in [3.8, 4) is 17.1 Å². The summed E-state index contributed by atoms with van der Waals surface area (Å²) in [5.74, 6) is 0.480. The first kappa shape index (κ1) is 16.3. The lowest BCUT2D eigenvalue weighted by Crippen LogP contribution is -2.49. The predicted molar refractivity (Wildman–Crippen MR) is 95.6 cm³/mol. The predicted octanol–water partition coefficient (Wildman–Crippen LogP) is 1.68. The number of aromatic nitrogens is 5. The van der Waals surface area contributed by atoms with Crippen LogP contribution in [0.2, 0.25) is 0 Å². The molecule has 1 amide bonds. The maximum absolute atomic E-state index is 11.7. The normalized spacial score (nSPS) is 19.2. The molecular weight excluding hydrogens is 332 g/mol. The summed E-state index contributed by atoms with van der Waals surface area (Å²) >= 11 is 0. The van der Waals surface area contributed by atoms with Crippen LogP contribution in [0.4, 0.5) is 0 Å². The van der Waals surface area contributed by atoms with Gasteiger partial charge in [-0.2, -0.15) is 10.2 Å². The van der Waals surface area contributed by atoms with Gasteiger partial charge in [0.1, 0.15) is 11.6 Å². The van der Waals surface area contributed by atoms with Crippen molar-refractivity contribution >= 4 is 11.4 Å². The molecule has 0 aromatic carbocycles. The Morgan fingerprint density at radius 1 is 1.38 bits per heavy atom. The summed E-state index contributed by atoms with van der Waals surface area (Å²) < 4.78 is 9.61. The molecule has 26 heavy (non-hydrogen) atoms. The minimum absolute atomic E-state index is 0.0235. The molecule has 1 fully saturated rings. The van der Waals surface area contributed by atoms with Crippen molar-refractivity contribution in [2.24, 2.45) is 7.05 Å². The fourth-order valence-electron chi connectivity index (χ4n) is 3.11. The summed E-state index contributed by atoms with van der Waals surface area (Å²) in [6.07, 6.45) is 10.1. The molecule has 3 aromatic rings. The zero-order valence-corrected chi connectivity index (χ0v) is 14.7. The van der Waals surface area contributed by atoms with E-state index < -0.39 is 0 Å². The lowest BCUT2D eigenvalue weighted by Gasteiger charge is -2.40. The summed E-state index contributed by atoms with van der Waals surface area (Å²) in [5, 5.41) is 8.50. The Balaban J connectivity index is 1.54. The molecule has 0 spiro atoms. The van der Waals surface area contributed by atoms with Crippen molar-refractivity contribution in [3.05, 3.63) is 43.5 Å². The lowest BCUT2D eigenvalue weighted by atomic mass is 9.88. The largest absolute Gasteiger partial charge is 0.473 e. The smallest absolute Gasteiger partial charge is 0.245 e. The van der Waals surface area contributed by atoms with Crippen LogP contribution in [0.15, 0.2) is 43.5 Å². The van der Waals surface area contributed by atoms with Gasteiger partial charge in [-0.25, -0.2) is 9.50 Å². The zero-order valence-electron chi connectivity index (χ0n) is 14.7. The first-order valence-corrected chi connectivity index (χ1v) is 8.44. The number of likely N-dealkylation sites (N-methyl/N-ethyl adjacent to an activating group) is 1. The number of amides is 1. The fraction of sp³-hybridized carbons (Fsp3) is 0.333. The van der Waals surface area contributed by atoms with Crippen molar-refractivity contribution in [1.82, 2.24) is 29.3 Å². The van der Waals surface area contributed by atoms with Gasteiger partial charge in [0.05, 0.1) is 24.3 Å². The van der Waals surface area contributed by atoms with Gasteiger partial charge in [-0.1, -0.05) is 6.58 Å². The van der Waals surface area contributed by atoms with E-state index in [1.807, 2.05) is 25.5 Å². The number of carbonyl (C=O) groups is 1. The van der Waals surface area contributed by atoms with E-state index in [2.05, 4.69) is 21.8 Å². The van der Waals surface area contributed by atoms with Gasteiger partial charge in [0.25, 0.3) is 0 Å². The first-order chi connectivity index (χ1) is 12.5. The van der Waals surface area contributed by atoms with E-state index >= 15 is 0 Å². The molecular formula is C18H20N6O2. The Labute approximate surface area is 150 Å². The number of hydrogen-bond acceptors (Lipinski definition) is 5. The van der Waals surface area contributed by atoms with Crippen LogP contribution in [0.3, 0.4) is 0 Å². The maximum atomic E-state index is 11.7. The van der Waals surface area contributed by atoms with Crippen molar-refractivity contribution in [2.45, 2.75) is 25.0 Å². The van der Waals surface area contributed by atoms with Crippen molar-refractivity contribution < 1.29 is 9.53 Å². The van der Waals surface area contributed by atoms with Gasteiger partial charge in [-0.15, -0.1) is 0 Å². The van der Waals surface area contributed by atoms with Gasteiger partial charge in [0.2, 0.25) is 11.8 Å². The monoisotopic (exact) mass is 352 g/mol. The zero-order chi connectivity index (χ0) is 18.3. The molecule has 0 N–H and O–H groups in total. The van der Waals surface area contributed by atoms with Crippen LogP contribution in [0.1, 0.15) is 12.8 Å². The third-order valence-corrected chi connectivity index (χ3v) is 4.77. The van der Waals surface area contributed by atoms with Crippen LogP contribution in [0, 0.1) is 0 Å². The molecule has 4 rings (SSSR count). The average molecular weight is 352 g/mol. The van der Waals surface area contributed by atoms with E-state index in [-0.39, 0.29) is 18.1 Å². The summed E-state index contributed by atoms with van der Waals surface area (Å²) in [4.78, 5) is 18.1. The second-order valence-corrected chi connectivity index (χ2v) is 6.51. The van der Waals surface area contributed by atoms with Crippen LogP contribution in [-0.4, -0.2) is 54.4 Å². The molecule has 0 radical (unpaired) electrons. The van der Waals surface area contributed by atoms with Crippen LogP contribution in [0.5, 0.6) is 5.88 Å². The van der Waals surface area contributed by atoms with E-state index in [4.69, 9.17) is 4.74 Å². The second-order valence-electron chi connectivity index (χ2n) is 6.51. The van der Waals surface area contributed by atoms with Gasteiger partial charge in [0.15, 0.2) is 0 Å². The van der Waals surface area contributed by atoms with Crippen LogP contribution in [-0.2, 0) is 11.8 Å². The number of hydrogen-bond donors (Lipinski definition) is 0. The molecule has 1 aliphatic carbocycles. The van der Waals surface area contributed by atoms with Crippen LogP contribution >= 0.6 is 0 Å². The second kappa shape index (κ2) is 6.29. The Bertz CT molecular complexity index is 969. The molecule has 3 aromatic heterocycles. The molecule has 134 valence electrons. The van der Waals surface area contributed by atoms with Gasteiger partial charge in [-0.3, -0.25) is 9.48 Å². The summed E-state index contributed by atoms with van der Waals surface area (Å²) in [6, 6.07) is 2.05. The summed E-state index contributed by atoms with van der Waals surface area (Å²) in [7, 11) is 3.66. The molecule has 3 heterocycles. The van der Waals surface area contributed by atoms with Gasteiger partial charge >= 0.3 is 0 Å². The third-order valence-electron chi connectivity index (χ3n) is 4.77. The van der Waals surface area contributed by atoms with E-state index in [0.29, 0.717) is 5.88 Å². The molecule has 8 nitrogen and oxygen atoms in total. The Morgan fingerprint density at radius 3 is 2.88 bits per heavy atom. The van der Waals surface area contributed by atoms with E-state index in [1.54, 1.807) is 33.5 Å². The molecule has 0 bridgehead atoms. The molecule has 8 heteroatoms. The van der Waals surface area contributed by atoms with Crippen molar-refractivity contribution in [1.29, 1.82) is 0 Å². The van der Waals surface area contributed by atoms with E-state index in [1.165, 1.54) is 6.08 Å². The molecule has 0 atom stereocenters. The standard InChI is InChI=1S/C18H20N6O2/c1-4-17(25)23(3)13-7-14(8-13)26-18-16-5-6-19-24(16)11-15(21-18)12-9-20-22(2)10-12/h4-6,9-11,13-14H,1,7-8H2,2-3H3/t13-,14+. The highest BCUT2D eigenvalue weighted by Crippen LogP contribution is 2.31. The molecule has 1 aliphatic rings. The SMILES string of the molecule is C=CC(=O)N(C)[C@H]1C[C@@H](Oc2nc(-c3cnn(C)c3)cn3nccc23)C1. The highest BCUT2D eigenvalue weighted by molar-refractivity contribution is 5.87. The quantitative estimate of drug-likeness (QED) is 0.653. The number of aryl methyl sites for hydroxylation is 1. The van der Waals surface area contributed by atoms with Gasteiger partial charge in [0, 0.05) is 44.7 Å². The lowest BCUT2D eigenvalue weighted by molar-refractivity contribution is -0.130. The number of rotatable bonds is 5. The highest BCUT2D eigenvalue weighted by atomic mass is 16.5. The van der Waals surface area contributed by atoms with Crippen molar-refractivity contribution in [2.75, 3.05) is 7.05 Å².